The quantitative estimate of drug-likeness (QED) is 0.741. The number of anilines is 1. The summed E-state index contributed by atoms with van der Waals surface area (Å²) in [4.78, 5) is 13.8. The number of benzene rings is 1. The van der Waals surface area contributed by atoms with Crippen LogP contribution < -0.4 is 5.32 Å². The third-order valence-corrected chi connectivity index (χ3v) is 6.59. The zero-order valence-corrected chi connectivity index (χ0v) is 15.0. The van der Waals surface area contributed by atoms with Crippen LogP contribution in [0, 0.1) is 6.92 Å². The smallest absolute Gasteiger partial charge is 0.238 e. The predicted octanol–water partition coefficient (Wildman–Crippen LogP) is 4.41. The molecule has 1 amide bonds. The van der Waals surface area contributed by atoms with E-state index in [0.29, 0.717) is 0 Å². The molecule has 0 saturated heterocycles. The van der Waals surface area contributed by atoms with E-state index in [-0.39, 0.29) is 16.4 Å². The molecule has 3 heterocycles. The average Bonchev–Trinajstić information content (AvgIpc) is 3.19. The minimum Gasteiger partial charge on any atom is -0.309 e. The van der Waals surface area contributed by atoms with E-state index in [4.69, 9.17) is 5.10 Å². The SMILES string of the molecule is Cc1nn(-c2ccccc2)c2c1C(c1cccs1)SC(C)C(=O)N2. The van der Waals surface area contributed by atoms with Gasteiger partial charge in [-0.05, 0) is 37.4 Å². The van der Waals surface area contributed by atoms with Crippen molar-refractivity contribution in [3.8, 4) is 5.69 Å². The van der Waals surface area contributed by atoms with Crippen LogP contribution in [-0.2, 0) is 4.79 Å². The van der Waals surface area contributed by atoms with E-state index >= 15 is 0 Å². The lowest BCUT2D eigenvalue weighted by Crippen LogP contribution is -2.22. The van der Waals surface area contributed by atoms with Gasteiger partial charge in [0, 0.05) is 10.4 Å². The summed E-state index contributed by atoms with van der Waals surface area (Å²) in [5, 5.41) is 9.89. The van der Waals surface area contributed by atoms with E-state index in [1.54, 1.807) is 23.1 Å². The van der Waals surface area contributed by atoms with Crippen molar-refractivity contribution in [2.75, 3.05) is 5.32 Å². The fraction of sp³-hybridized carbons (Fsp3) is 0.222. The van der Waals surface area contributed by atoms with Gasteiger partial charge in [-0.25, -0.2) is 4.68 Å². The van der Waals surface area contributed by atoms with Gasteiger partial charge in [0.2, 0.25) is 5.91 Å². The number of hydrogen-bond acceptors (Lipinski definition) is 4. The highest BCUT2D eigenvalue weighted by atomic mass is 32.2. The number of fused-ring (bicyclic) bond motifs is 1. The second-order valence-corrected chi connectivity index (χ2v) is 8.19. The molecule has 2 atom stereocenters. The molecule has 2 aromatic heterocycles. The van der Waals surface area contributed by atoms with Crippen LogP contribution in [0.15, 0.2) is 47.8 Å². The molecule has 24 heavy (non-hydrogen) atoms. The zero-order valence-electron chi connectivity index (χ0n) is 13.4. The Labute approximate surface area is 148 Å². The molecule has 1 aromatic carbocycles. The highest BCUT2D eigenvalue weighted by Crippen LogP contribution is 2.47. The van der Waals surface area contributed by atoms with E-state index < -0.39 is 0 Å². The van der Waals surface area contributed by atoms with Crippen molar-refractivity contribution in [3.63, 3.8) is 0 Å². The third kappa shape index (κ3) is 2.56. The molecule has 0 saturated carbocycles. The number of thiophene rings is 1. The Morgan fingerprint density at radius 1 is 1.17 bits per heavy atom. The number of carbonyl (C=O) groups is 1. The number of rotatable bonds is 2. The molecule has 4 rings (SSSR count). The largest absolute Gasteiger partial charge is 0.309 e. The molecule has 122 valence electrons. The van der Waals surface area contributed by atoms with Gasteiger partial charge in [-0.1, -0.05) is 24.3 Å². The number of hydrogen-bond donors (Lipinski definition) is 1. The maximum absolute atomic E-state index is 12.5. The molecular formula is C18H17N3OS2. The fourth-order valence-corrected chi connectivity index (χ4v) is 5.20. The van der Waals surface area contributed by atoms with Gasteiger partial charge >= 0.3 is 0 Å². The summed E-state index contributed by atoms with van der Waals surface area (Å²) in [6, 6.07) is 14.1. The van der Waals surface area contributed by atoms with Crippen LogP contribution in [0.25, 0.3) is 5.69 Å². The summed E-state index contributed by atoms with van der Waals surface area (Å²) in [7, 11) is 0. The Morgan fingerprint density at radius 2 is 1.96 bits per heavy atom. The molecule has 2 unspecified atom stereocenters. The minimum absolute atomic E-state index is 0.0254. The molecule has 1 aliphatic rings. The van der Waals surface area contributed by atoms with Gasteiger partial charge in [0.1, 0.15) is 5.82 Å². The first kappa shape index (κ1) is 15.5. The fourth-order valence-electron chi connectivity index (χ4n) is 2.93. The van der Waals surface area contributed by atoms with Crippen LogP contribution in [0.1, 0.15) is 28.3 Å². The van der Waals surface area contributed by atoms with Crippen LogP contribution in [0.4, 0.5) is 5.82 Å². The second kappa shape index (κ2) is 6.11. The average molecular weight is 355 g/mol. The highest BCUT2D eigenvalue weighted by molar-refractivity contribution is 8.01. The number of thioether (sulfide) groups is 1. The molecule has 1 N–H and O–H groups in total. The molecular weight excluding hydrogens is 338 g/mol. The van der Waals surface area contributed by atoms with Gasteiger partial charge in [0.15, 0.2) is 0 Å². The second-order valence-electron chi connectivity index (χ2n) is 5.76. The van der Waals surface area contributed by atoms with E-state index in [0.717, 1.165) is 22.8 Å². The maximum atomic E-state index is 12.5. The molecule has 0 fully saturated rings. The molecule has 4 nitrogen and oxygen atoms in total. The van der Waals surface area contributed by atoms with E-state index in [1.807, 2.05) is 48.9 Å². The maximum Gasteiger partial charge on any atom is 0.238 e. The van der Waals surface area contributed by atoms with Gasteiger partial charge < -0.3 is 5.32 Å². The molecule has 0 spiro atoms. The van der Waals surface area contributed by atoms with Gasteiger partial charge in [0.05, 0.1) is 21.9 Å². The Morgan fingerprint density at radius 3 is 2.67 bits per heavy atom. The summed E-state index contributed by atoms with van der Waals surface area (Å²) in [5.74, 6) is 0.816. The minimum atomic E-state index is -0.117. The van der Waals surface area contributed by atoms with Gasteiger partial charge in [0.25, 0.3) is 0 Å². The Hall–Kier alpha value is -2.05. The predicted molar refractivity (Wildman–Crippen MR) is 100 cm³/mol. The van der Waals surface area contributed by atoms with Crippen molar-refractivity contribution in [1.29, 1.82) is 0 Å². The van der Waals surface area contributed by atoms with Crippen LogP contribution in [-0.4, -0.2) is 20.9 Å². The normalized spacial score (nSPS) is 20.3. The molecule has 0 aliphatic carbocycles. The molecule has 1 aliphatic heterocycles. The van der Waals surface area contributed by atoms with Crippen LogP contribution >= 0.6 is 23.1 Å². The summed E-state index contributed by atoms with van der Waals surface area (Å²) >= 11 is 3.41. The number of para-hydroxylation sites is 1. The van der Waals surface area contributed by atoms with E-state index in [9.17, 15) is 4.79 Å². The Bertz CT molecular complexity index is 871. The van der Waals surface area contributed by atoms with Crippen molar-refractivity contribution in [2.45, 2.75) is 24.3 Å². The molecule has 0 bridgehead atoms. The van der Waals surface area contributed by atoms with Gasteiger partial charge in [-0.2, -0.15) is 5.10 Å². The first-order valence-electron chi connectivity index (χ1n) is 7.80. The number of amides is 1. The standard InChI is InChI=1S/C18H17N3OS2/c1-11-15-16(14-9-6-10-23-14)24-12(2)18(22)19-17(15)21(20-11)13-7-4-3-5-8-13/h3-10,12,16H,1-2H3,(H,19,22). The monoisotopic (exact) mass is 355 g/mol. The topological polar surface area (TPSA) is 46.9 Å². The highest BCUT2D eigenvalue weighted by Gasteiger charge is 2.34. The summed E-state index contributed by atoms with van der Waals surface area (Å²) in [6.45, 7) is 3.98. The number of carbonyl (C=O) groups excluding carboxylic acids is 1. The first-order chi connectivity index (χ1) is 11.6. The van der Waals surface area contributed by atoms with Crippen molar-refractivity contribution in [1.82, 2.24) is 9.78 Å². The number of nitrogens with zero attached hydrogens (tertiary/aromatic N) is 2. The van der Waals surface area contributed by atoms with Crippen LogP contribution in [0.2, 0.25) is 0 Å². The summed E-state index contributed by atoms with van der Waals surface area (Å²) < 4.78 is 1.85. The van der Waals surface area contributed by atoms with Crippen LogP contribution in [0.5, 0.6) is 0 Å². The number of nitrogens with one attached hydrogen (secondary N) is 1. The van der Waals surface area contributed by atoms with E-state index in [1.165, 1.54) is 4.88 Å². The lowest BCUT2D eigenvalue weighted by Gasteiger charge is -2.15. The van der Waals surface area contributed by atoms with Crippen molar-refractivity contribution >= 4 is 34.8 Å². The van der Waals surface area contributed by atoms with Crippen molar-refractivity contribution in [2.24, 2.45) is 0 Å². The third-order valence-electron chi connectivity index (χ3n) is 4.12. The van der Waals surface area contributed by atoms with Crippen LogP contribution in [0.3, 0.4) is 0 Å². The van der Waals surface area contributed by atoms with Crippen molar-refractivity contribution < 1.29 is 4.79 Å². The molecule has 0 radical (unpaired) electrons. The Kier molecular flexibility index (Phi) is 3.94. The number of aromatic nitrogens is 2. The lowest BCUT2D eigenvalue weighted by atomic mass is 10.1. The van der Waals surface area contributed by atoms with Gasteiger partial charge in [-0.3, -0.25) is 4.79 Å². The van der Waals surface area contributed by atoms with E-state index in [2.05, 4.69) is 22.8 Å². The molecule has 3 aromatic rings. The van der Waals surface area contributed by atoms with Crippen molar-refractivity contribution in [3.05, 3.63) is 64.0 Å². The number of aryl methyl sites for hydroxylation is 1. The molecule has 6 heteroatoms. The summed E-state index contributed by atoms with van der Waals surface area (Å²) in [5.41, 5.74) is 3.00. The zero-order chi connectivity index (χ0) is 16.7. The van der Waals surface area contributed by atoms with Gasteiger partial charge in [-0.15, -0.1) is 23.1 Å². The Balaban J connectivity index is 1.92. The summed E-state index contributed by atoms with van der Waals surface area (Å²) in [6.07, 6.45) is 0. The lowest BCUT2D eigenvalue weighted by molar-refractivity contribution is -0.115. The first-order valence-corrected chi connectivity index (χ1v) is 9.62.